The Morgan fingerprint density at radius 2 is 2.29 bits per heavy atom. The number of rotatable bonds is 6. The molecule has 1 saturated heterocycles. The van der Waals surface area contributed by atoms with Crippen LogP contribution in [0.15, 0.2) is 18.2 Å². The zero-order valence-corrected chi connectivity index (χ0v) is 14.1. The highest BCUT2D eigenvalue weighted by molar-refractivity contribution is 5.91. The van der Waals surface area contributed by atoms with E-state index < -0.39 is 5.82 Å². The molecule has 24 heavy (non-hydrogen) atoms. The molecule has 3 rings (SSSR count). The number of hydrogen-bond acceptors (Lipinski definition) is 3. The molecule has 1 atom stereocenters. The number of halogens is 1. The van der Waals surface area contributed by atoms with Crippen LogP contribution in [0.3, 0.4) is 0 Å². The number of nitrogens with one attached hydrogen (secondary N) is 1. The number of benzene rings is 1. The van der Waals surface area contributed by atoms with Gasteiger partial charge in [-0.05, 0) is 37.3 Å². The largest absolute Gasteiger partial charge is 0.491 e. The van der Waals surface area contributed by atoms with Gasteiger partial charge < -0.3 is 19.7 Å². The lowest BCUT2D eigenvalue weighted by Gasteiger charge is -2.33. The maximum absolute atomic E-state index is 13.6. The average molecular weight is 336 g/mol. The van der Waals surface area contributed by atoms with Crippen LogP contribution in [-0.2, 0) is 4.74 Å². The van der Waals surface area contributed by atoms with Crippen molar-refractivity contribution in [3.8, 4) is 5.75 Å². The van der Waals surface area contributed by atoms with E-state index in [4.69, 9.17) is 9.47 Å². The number of carbonyl (C=O) groups is 1. The van der Waals surface area contributed by atoms with Crippen molar-refractivity contribution in [1.82, 2.24) is 4.90 Å². The highest BCUT2D eigenvalue weighted by Gasteiger charge is 2.25. The van der Waals surface area contributed by atoms with Gasteiger partial charge in [0.1, 0.15) is 11.6 Å². The quantitative estimate of drug-likeness (QED) is 0.863. The molecule has 2 aliphatic rings. The Labute approximate surface area is 142 Å². The van der Waals surface area contributed by atoms with Crippen LogP contribution in [0.25, 0.3) is 0 Å². The third kappa shape index (κ3) is 4.60. The van der Waals surface area contributed by atoms with Gasteiger partial charge in [-0.1, -0.05) is 13.3 Å². The summed E-state index contributed by atoms with van der Waals surface area (Å²) in [6.45, 7) is 4.35. The summed E-state index contributed by atoms with van der Waals surface area (Å²) in [7, 11) is 0. The monoisotopic (exact) mass is 336 g/mol. The topological polar surface area (TPSA) is 50.8 Å². The number of urea groups is 1. The van der Waals surface area contributed by atoms with E-state index in [2.05, 4.69) is 12.2 Å². The first-order valence-corrected chi connectivity index (χ1v) is 8.75. The summed E-state index contributed by atoms with van der Waals surface area (Å²) in [6, 6.07) is 4.00. The van der Waals surface area contributed by atoms with E-state index >= 15 is 0 Å². The maximum Gasteiger partial charge on any atom is 0.322 e. The molecule has 0 spiro atoms. The van der Waals surface area contributed by atoms with E-state index in [1.165, 1.54) is 25.0 Å². The van der Waals surface area contributed by atoms with Crippen LogP contribution in [0.5, 0.6) is 5.75 Å². The second kappa shape index (κ2) is 7.83. The zero-order valence-electron chi connectivity index (χ0n) is 14.1. The third-order valence-corrected chi connectivity index (χ3v) is 4.39. The van der Waals surface area contributed by atoms with Gasteiger partial charge >= 0.3 is 6.03 Å². The molecule has 2 amide bonds. The molecule has 5 nitrogen and oxygen atoms in total. The van der Waals surface area contributed by atoms with Crippen LogP contribution in [0.1, 0.15) is 32.6 Å². The molecule has 1 aliphatic heterocycles. The molecule has 1 aromatic carbocycles. The summed E-state index contributed by atoms with van der Waals surface area (Å²) >= 11 is 0. The molecular formula is C18H25FN2O3. The lowest BCUT2D eigenvalue weighted by Crippen LogP contribution is -2.47. The lowest BCUT2D eigenvalue weighted by molar-refractivity contribution is -0.0162. The van der Waals surface area contributed by atoms with Crippen LogP contribution in [-0.4, -0.2) is 43.3 Å². The van der Waals surface area contributed by atoms with Crippen LogP contribution in [0.4, 0.5) is 14.9 Å². The van der Waals surface area contributed by atoms with E-state index in [9.17, 15) is 9.18 Å². The Balaban J connectivity index is 1.63. The molecule has 2 fully saturated rings. The van der Waals surface area contributed by atoms with Crippen molar-refractivity contribution in [2.24, 2.45) is 5.92 Å². The second-order valence-corrected chi connectivity index (χ2v) is 6.55. The van der Waals surface area contributed by atoms with Crippen LogP contribution < -0.4 is 10.1 Å². The van der Waals surface area contributed by atoms with E-state index in [-0.39, 0.29) is 12.1 Å². The predicted octanol–water partition coefficient (Wildman–Crippen LogP) is 3.65. The first-order chi connectivity index (χ1) is 11.7. The fourth-order valence-electron chi connectivity index (χ4n) is 2.81. The summed E-state index contributed by atoms with van der Waals surface area (Å²) < 4.78 is 25.0. The van der Waals surface area contributed by atoms with Crippen LogP contribution in [0, 0.1) is 11.7 Å². The average Bonchev–Trinajstić information content (AvgIpc) is 3.39. The van der Waals surface area contributed by atoms with E-state index in [0.717, 1.165) is 12.8 Å². The summed E-state index contributed by atoms with van der Waals surface area (Å²) in [4.78, 5) is 14.2. The number of morpholine rings is 1. The summed E-state index contributed by atoms with van der Waals surface area (Å²) in [5.41, 5.74) is 0.388. The van der Waals surface area contributed by atoms with Crippen molar-refractivity contribution in [2.75, 3.05) is 31.6 Å². The highest BCUT2D eigenvalue weighted by atomic mass is 19.1. The Morgan fingerprint density at radius 3 is 3.04 bits per heavy atom. The zero-order chi connectivity index (χ0) is 16.9. The molecule has 1 N–H and O–H groups in total. The van der Waals surface area contributed by atoms with Gasteiger partial charge in [0.15, 0.2) is 0 Å². The van der Waals surface area contributed by atoms with Crippen molar-refractivity contribution in [1.29, 1.82) is 0 Å². The molecular weight excluding hydrogens is 311 g/mol. The Kier molecular flexibility index (Phi) is 5.56. The summed E-state index contributed by atoms with van der Waals surface area (Å²) in [6.07, 6.45) is 4.38. The minimum absolute atomic E-state index is 0.0765. The Bertz CT molecular complexity index is 575. The number of ether oxygens (including phenoxy) is 2. The summed E-state index contributed by atoms with van der Waals surface area (Å²) in [5.74, 6) is 0.720. The van der Waals surface area contributed by atoms with Gasteiger partial charge in [0.05, 0.1) is 25.0 Å². The number of carbonyl (C=O) groups excluding carboxylic acids is 1. The predicted molar refractivity (Wildman–Crippen MR) is 89.9 cm³/mol. The van der Waals surface area contributed by atoms with Crippen molar-refractivity contribution < 1.29 is 18.7 Å². The fourth-order valence-corrected chi connectivity index (χ4v) is 2.81. The van der Waals surface area contributed by atoms with Gasteiger partial charge in [-0.15, -0.1) is 0 Å². The number of anilines is 1. The number of nitrogens with zero attached hydrogens (tertiary/aromatic N) is 1. The van der Waals surface area contributed by atoms with Gasteiger partial charge in [-0.2, -0.15) is 0 Å². The number of hydrogen-bond donors (Lipinski definition) is 1. The van der Waals surface area contributed by atoms with Gasteiger partial charge in [0.25, 0.3) is 0 Å². The molecule has 6 heteroatoms. The highest BCUT2D eigenvalue weighted by Crippen LogP contribution is 2.32. The molecule has 132 valence electrons. The van der Waals surface area contributed by atoms with Crippen molar-refractivity contribution >= 4 is 11.7 Å². The normalized spacial score (nSPS) is 20.8. The molecule has 1 saturated carbocycles. The standard InChI is InChI=1S/C18H25FN2O3/c1-2-3-15-11-21(8-9-23-15)18(22)20-16-10-14(19)6-7-17(16)24-12-13-4-5-13/h6-7,10,13,15H,2-5,8-9,11-12H2,1H3,(H,20,22)/t15-/m1/s1. The Hall–Kier alpha value is -1.82. The number of amides is 2. The minimum atomic E-state index is -0.394. The lowest BCUT2D eigenvalue weighted by atomic mass is 10.2. The van der Waals surface area contributed by atoms with Gasteiger partial charge in [0.2, 0.25) is 0 Å². The molecule has 1 aliphatic carbocycles. The van der Waals surface area contributed by atoms with Crippen molar-refractivity contribution in [2.45, 2.75) is 38.7 Å². The maximum atomic E-state index is 13.6. The van der Waals surface area contributed by atoms with Crippen LogP contribution in [0.2, 0.25) is 0 Å². The van der Waals surface area contributed by atoms with Crippen molar-refractivity contribution in [3.63, 3.8) is 0 Å². The van der Waals surface area contributed by atoms with E-state index in [1.54, 1.807) is 11.0 Å². The first-order valence-electron chi connectivity index (χ1n) is 8.75. The first kappa shape index (κ1) is 17.0. The fraction of sp³-hybridized carbons (Fsp3) is 0.611. The third-order valence-electron chi connectivity index (χ3n) is 4.39. The van der Waals surface area contributed by atoms with Crippen LogP contribution >= 0.6 is 0 Å². The molecule has 0 bridgehead atoms. The molecule has 0 radical (unpaired) electrons. The van der Waals surface area contributed by atoms with E-state index in [1.807, 2.05) is 0 Å². The molecule has 1 heterocycles. The molecule has 0 unspecified atom stereocenters. The molecule has 0 aromatic heterocycles. The minimum Gasteiger partial charge on any atom is -0.491 e. The summed E-state index contributed by atoms with van der Waals surface area (Å²) in [5, 5.41) is 2.79. The van der Waals surface area contributed by atoms with E-state index in [0.29, 0.717) is 43.7 Å². The van der Waals surface area contributed by atoms with Gasteiger partial charge in [-0.3, -0.25) is 0 Å². The Morgan fingerprint density at radius 1 is 1.46 bits per heavy atom. The second-order valence-electron chi connectivity index (χ2n) is 6.55. The molecule has 1 aromatic rings. The van der Waals surface area contributed by atoms with Gasteiger partial charge in [0, 0.05) is 19.2 Å². The smallest absolute Gasteiger partial charge is 0.322 e. The SMILES string of the molecule is CCC[C@@H]1CN(C(=O)Nc2cc(F)ccc2OCC2CC2)CCO1. The van der Waals surface area contributed by atoms with Crippen molar-refractivity contribution in [3.05, 3.63) is 24.0 Å². The van der Waals surface area contributed by atoms with Gasteiger partial charge in [-0.25, -0.2) is 9.18 Å².